The molecule has 0 spiro atoms. The largest absolute Gasteiger partial charge is 0.461 e. The molecule has 18 heavy (non-hydrogen) atoms. The molecule has 4 nitrogen and oxygen atoms in total. The molecule has 0 N–H and O–H groups in total. The standard InChI is InChI=1S/C13H17NO3S/c1-10(15)18-12-7-5-4-6-11(12)13(16)17-9-8-14(2)3/h4-7H,8-9H2,1-3H3. The molecular formula is C13H17NO3S. The van der Waals surface area contributed by atoms with Crippen molar-refractivity contribution in [3.8, 4) is 0 Å². The number of ether oxygens (including phenoxy) is 1. The fourth-order valence-electron chi connectivity index (χ4n) is 1.28. The molecule has 0 unspecified atom stereocenters. The van der Waals surface area contributed by atoms with Crippen molar-refractivity contribution in [2.75, 3.05) is 27.2 Å². The van der Waals surface area contributed by atoms with Gasteiger partial charge >= 0.3 is 5.97 Å². The summed E-state index contributed by atoms with van der Waals surface area (Å²) in [6.45, 7) is 2.48. The van der Waals surface area contributed by atoms with E-state index in [9.17, 15) is 9.59 Å². The molecule has 5 heteroatoms. The van der Waals surface area contributed by atoms with Gasteiger partial charge in [-0.25, -0.2) is 4.79 Å². The van der Waals surface area contributed by atoms with Crippen LogP contribution in [0.1, 0.15) is 17.3 Å². The minimum Gasteiger partial charge on any atom is -0.461 e. The van der Waals surface area contributed by atoms with Crippen molar-refractivity contribution >= 4 is 22.8 Å². The lowest BCUT2D eigenvalue weighted by Crippen LogP contribution is -2.20. The second-order valence-corrected chi connectivity index (χ2v) is 5.25. The smallest absolute Gasteiger partial charge is 0.339 e. The molecule has 0 saturated carbocycles. The van der Waals surface area contributed by atoms with Crippen LogP contribution in [0.25, 0.3) is 0 Å². The van der Waals surface area contributed by atoms with Crippen LogP contribution in [-0.2, 0) is 9.53 Å². The van der Waals surface area contributed by atoms with E-state index >= 15 is 0 Å². The molecule has 0 amide bonds. The van der Waals surface area contributed by atoms with Gasteiger partial charge in [-0.3, -0.25) is 4.79 Å². The highest BCUT2D eigenvalue weighted by molar-refractivity contribution is 8.13. The van der Waals surface area contributed by atoms with Crippen molar-refractivity contribution < 1.29 is 14.3 Å². The van der Waals surface area contributed by atoms with Gasteiger partial charge in [0.05, 0.1) is 5.56 Å². The highest BCUT2D eigenvalue weighted by Gasteiger charge is 2.13. The molecule has 98 valence electrons. The number of hydrogen-bond donors (Lipinski definition) is 0. The zero-order valence-corrected chi connectivity index (χ0v) is 11.6. The van der Waals surface area contributed by atoms with Gasteiger partial charge in [0, 0.05) is 18.4 Å². The fourth-order valence-corrected chi connectivity index (χ4v) is 2.00. The van der Waals surface area contributed by atoms with Gasteiger partial charge in [-0.2, -0.15) is 0 Å². The Balaban J connectivity index is 2.69. The molecule has 0 heterocycles. The number of hydrogen-bond acceptors (Lipinski definition) is 5. The molecule has 0 radical (unpaired) electrons. The Kier molecular flexibility index (Phi) is 5.88. The number of carbonyl (C=O) groups excluding carboxylic acids is 2. The third-order valence-electron chi connectivity index (χ3n) is 2.13. The van der Waals surface area contributed by atoms with Crippen molar-refractivity contribution in [1.29, 1.82) is 0 Å². The van der Waals surface area contributed by atoms with Gasteiger partial charge in [0.15, 0.2) is 5.12 Å². The van der Waals surface area contributed by atoms with Crippen LogP contribution in [0, 0.1) is 0 Å². The van der Waals surface area contributed by atoms with Crippen molar-refractivity contribution in [2.24, 2.45) is 0 Å². The molecule has 1 aromatic carbocycles. The Morgan fingerprint density at radius 3 is 2.56 bits per heavy atom. The van der Waals surface area contributed by atoms with Gasteiger partial charge in [-0.15, -0.1) is 0 Å². The molecule has 1 rings (SSSR count). The zero-order valence-electron chi connectivity index (χ0n) is 10.8. The minimum absolute atomic E-state index is 0.0523. The molecule has 0 aromatic heterocycles. The second-order valence-electron chi connectivity index (χ2n) is 4.03. The van der Waals surface area contributed by atoms with E-state index in [1.807, 2.05) is 19.0 Å². The summed E-state index contributed by atoms with van der Waals surface area (Å²) in [5.41, 5.74) is 0.441. The average Bonchev–Trinajstić information content (AvgIpc) is 2.28. The Morgan fingerprint density at radius 1 is 1.28 bits per heavy atom. The Bertz CT molecular complexity index is 432. The summed E-state index contributed by atoms with van der Waals surface area (Å²) in [5.74, 6) is -0.388. The third-order valence-corrected chi connectivity index (χ3v) is 3.00. The topological polar surface area (TPSA) is 46.6 Å². The van der Waals surface area contributed by atoms with Crippen LogP contribution in [-0.4, -0.2) is 43.2 Å². The summed E-state index contributed by atoms with van der Waals surface area (Å²) in [7, 11) is 3.82. The van der Waals surface area contributed by atoms with Crippen LogP contribution in [0.3, 0.4) is 0 Å². The minimum atomic E-state index is -0.388. The number of benzene rings is 1. The van der Waals surface area contributed by atoms with E-state index in [0.29, 0.717) is 23.6 Å². The molecular weight excluding hydrogens is 250 g/mol. The van der Waals surface area contributed by atoms with E-state index in [1.165, 1.54) is 6.92 Å². The maximum absolute atomic E-state index is 11.9. The van der Waals surface area contributed by atoms with Crippen molar-refractivity contribution in [3.05, 3.63) is 29.8 Å². The summed E-state index contributed by atoms with van der Waals surface area (Å²) >= 11 is 1.04. The zero-order chi connectivity index (χ0) is 13.5. The SMILES string of the molecule is CC(=O)Sc1ccccc1C(=O)OCCN(C)C. The van der Waals surface area contributed by atoms with Gasteiger partial charge in [-0.05, 0) is 26.2 Å². The van der Waals surface area contributed by atoms with Gasteiger partial charge in [0.25, 0.3) is 0 Å². The predicted molar refractivity (Wildman–Crippen MR) is 71.8 cm³/mol. The van der Waals surface area contributed by atoms with Crippen molar-refractivity contribution in [3.63, 3.8) is 0 Å². The van der Waals surface area contributed by atoms with E-state index in [4.69, 9.17) is 4.74 Å². The highest BCUT2D eigenvalue weighted by Crippen LogP contribution is 2.23. The second kappa shape index (κ2) is 7.18. The first kappa shape index (κ1) is 14.7. The third kappa shape index (κ3) is 4.89. The summed E-state index contributed by atoms with van der Waals surface area (Å²) in [4.78, 5) is 25.5. The molecule has 1 aromatic rings. The predicted octanol–water partition coefficient (Wildman–Crippen LogP) is 2.04. The van der Waals surface area contributed by atoms with Crippen molar-refractivity contribution in [1.82, 2.24) is 4.90 Å². The number of rotatable bonds is 5. The van der Waals surface area contributed by atoms with Crippen LogP contribution in [0.2, 0.25) is 0 Å². The molecule has 0 atom stereocenters. The Labute approximate surface area is 111 Å². The molecule has 0 fully saturated rings. The lowest BCUT2D eigenvalue weighted by molar-refractivity contribution is -0.109. The number of thioether (sulfide) groups is 1. The van der Waals surface area contributed by atoms with Crippen LogP contribution in [0.4, 0.5) is 0 Å². The quantitative estimate of drug-likeness (QED) is 0.603. The van der Waals surface area contributed by atoms with Crippen molar-refractivity contribution in [2.45, 2.75) is 11.8 Å². The maximum atomic E-state index is 11.9. The number of nitrogens with zero attached hydrogens (tertiary/aromatic N) is 1. The number of carbonyl (C=O) groups is 2. The monoisotopic (exact) mass is 267 g/mol. The van der Waals surface area contributed by atoms with E-state index in [-0.39, 0.29) is 11.1 Å². The Hall–Kier alpha value is -1.33. The first-order valence-electron chi connectivity index (χ1n) is 5.60. The van der Waals surface area contributed by atoms with E-state index in [2.05, 4.69) is 0 Å². The van der Waals surface area contributed by atoms with Gasteiger partial charge in [-0.1, -0.05) is 23.9 Å². The molecule has 0 aliphatic heterocycles. The summed E-state index contributed by atoms with van der Waals surface area (Å²) in [6, 6.07) is 6.96. The molecule has 0 bridgehead atoms. The van der Waals surface area contributed by atoms with E-state index in [1.54, 1.807) is 24.3 Å². The van der Waals surface area contributed by atoms with Crippen LogP contribution >= 0.6 is 11.8 Å². The molecule has 0 aliphatic rings. The van der Waals surface area contributed by atoms with E-state index in [0.717, 1.165) is 11.8 Å². The number of esters is 1. The van der Waals surface area contributed by atoms with Gasteiger partial charge in [0.1, 0.15) is 6.61 Å². The van der Waals surface area contributed by atoms with Crippen LogP contribution < -0.4 is 0 Å². The normalized spacial score (nSPS) is 10.4. The van der Waals surface area contributed by atoms with Gasteiger partial charge in [0.2, 0.25) is 0 Å². The lowest BCUT2D eigenvalue weighted by atomic mass is 10.2. The fraction of sp³-hybridized carbons (Fsp3) is 0.385. The average molecular weight is 267 g/mol. The van der Waals surface area contributed by atoms with Crippen LogP contribution in [0.15, 0.2) is 29.2 Å². The van der Waals surface area contributed by atoms with Gasteiger partial charge < -0.3 is 9.64 Å². The first-order chi connectivity index (χ1) is 8.50. The summed E-state index contributed by atoms with van der Waals surface area (Å²) < 4.78 is 5.16. The van der Waals surface area contributed by atoms with Crippen LogP contribution in [0.5, 0.6) is 0 Å². The first-order valence-corrected chi connectivity index (χ1v) is 6.41. The molecule has 0 aliphatic carbocycles. The highest BCUT2D eigenvalue weighted by atomic mass is 32.2. The Morgan fingerprint density at radius 2 is 1.94 bits per heavy atom. The maximum Gasteiger partial charge on any atom is 0.339 e. The summed E-state index contributed by atoms with van der Waals surface area (Å²) in [6.07, 6.45) is 0. The van der Waals surface area contributed by atoms with E-state index < -0.39 is 0 Å². The summed E-state index contributed by atoms with van der Waals surface area (Å²) in [5, 5.41) is -0.0523. The number of likely N-dealkylation sites (N-methyl/N-ethyl adjacent to an activating group) is 1. The lowest BCUT2D eigenvalue weighted by Gasteiger charge is -2.11. The molecule has 0 saturated heterocycles.